The molecule has 0 atom stereocenters. The Morgan fingerprint density at radius 2 is 2.67 bits per heavy atom. The lowest BCUT2D eigenvalue weighted by Crippen LogP contribution is -1.67. The Hall–Kier alpha value is -0.370. The number of aliphatic hydroxyl groups excluding tert-OH is 1. The molecule has 0 fully saturated rings. The molecule has 0 aromatic carbocycles. The van der Waals surface area contributed by atoms with Crippen molar-refractivity contribution < 1.29 is 9.32 Å². The van der Waals surface area contributed by atoms with Crippen molar-refractivity contribution in [2.75, 3.05) is 6.61 Å². The molecule has 0 saturated heterocycles. The van der Waals surface area contributed by atoms with E-state index in [0.29, 0.717) is 0 Å². The van der Waals surface area contributed by atoms with Gasteiger partial charge < -0.3 is 5.11 Å². The summed E-state index contributed by atoms with van der Waals surface area (Å²) in [6, 6.07) is 0. The van der Waals surface area contributed by atoms with E-state index in [9.17, 15) is 4.21 Å². The summed E-state index contributed by atoms with van der Waals surface area (Å²) in [5.41, 5.74) is 0. The third-order valence-electron chi connectivity index (χ3n) is 0.223. The lowest BCUT2D eigenvalue weighted by Gasteiger charge is -1.60. The Labute approximate surface area is 39.2 Å². The number of hydrogen-bond donors (Lipinski definition) is 1. The first-order chi connectivity index (χ1) is 2.91. The van der Waals surface area contributed by atoms with Gasteiger partial charge in [0, 0.05) is 0 Å². The molecule has 0 aromatic rings. The zero-order valence-electron chi connectivity index (χ0n) is 3.05. The Bertz CT molecular complexity index is 97.4. The van der Waals surface area contributed by atoms with Gasteiger partial charge in [-0.1, -0.05) is 0 Å². The van der Waals surface area contributed by atoms with Crippen molar-refractivity contribution in [3.05, 3.63) is 6.08 Å². The fourth-order valence-electron chi connectivity index (χ4n) is 0.0713. The number of rotatable bonds is 1. The predicted octanol–water partition coefficient (Wildman–Crippen LogP) is -0.851. The van der Waals surface area contributed by atoms with Crippen LogP contribution < -0.4 is 0 Å². The molecule has 2 nitrogen and oxygen atoms in total. The topological polar surface area (TPSA) is 37.3 Å². The SMILES string of the molecule is O=S=C=CCO. The smallest absolute Gasteiger partial charge is 0.142 e. The van der Waals surface area contributed by atoms with Gasteiger partial charge >= 0.3 is 0 Å². The van der Waals surface area contributed by atoms with Crippen LogP contribution in [-0.4, -0.2) is 20.9 Å². The average molecular weight is 104 g/mol. The molecule has 0 amide bonds. The van der Waals surface area contributed by atoms with Gasteiger partial charge in [-0.05, 0) is 11.1 Å². The maximum Gasteiger partial charge on any atom is 0.142 e. The van der Waals surface area contributed by atoms with E-state index < -0.39 is 0 Å². The fraction of sp³-hybridized carbons (Fsp3) is 0.333. The molecule has 3 heteroatoms. The van der Waals surface area contributed by atoms with Crippen LogP contribution in [0.15, 0.2) is 6.08 Å². The molecular formula is C3H4O2S. The van der Waals surface area contributed by atoms with E-state index in [-0.39, 0.29) is 17.9 Å². The average Bonchev–Trinajstić information content (AvgIpc) is 1.61. The van der Waals surface area contributed by atoms with Crippen molar-refractivity contribution in [2.45, 2.75) is 0 Å². The van der Waals surface area contributed by atoms with Crippen LogP contribution in [0.2, 0.25) is 0 Å². The highest BCUT2D eigenvalue weighted by molar-refractivity contribution is 7.64. The molecule has 0 aliphatic rings. The largest absolute Gasteiger partial charge is 0.392 e. The number of aliphatic hydroxyl groups is 1. The molecule has 0 aliphatic heterocycles. The third kappa shape index (κ3) is 3.63. The molecule has 0 rings (SSSR count). The van der Waals surface area contributed by atoms with Crippen molar-refractivity contribution in [1.82, 2.24) is 0 Å². The minimum absolute atomic E-state index is 0.102. The van der Waals surface area contributed by atoms with Crippen LogP contribution >= 0.6 is 0 Å². The Balaban J connectivity index is 3.47. The van der Waals surface area contributed by atoms with Crippen LogP contribution in [0.4, 0.5) is 0 Å². The Morgan fingerprint density at radius 3 is 2.83 bits per heavy atom. The van der Waals surface area contributed by atoms with Gasteiger partial charge in [-0.25, -0.2) is 4.21 Å². The molecular weight excluding hydrogens is 100 g/mol. The van der Waals surface area contributed by atoms with E-state index in [4.69, 9.17) is 5.11 Å². The lowest BCUT2D eigenvalue weighted by molar-refractivity contribution is 0.344. The normalized spacial score (nSPS) is 6.17. The first-order valence-corrected chi connectivity index (χ1v) is 2.13. The number of hydrogen-bond acceptors (Lipinski definition) is 2. The van der Waals surface area contributed by atoms with Gasteiger partial charge in [-0.3, -0.25) is 0 Å². The molecule has 0 saturated carbocycles. The highest BCUT2D eigenvalue weighted by Crippen LogP contribution is 1.46. The summed E-state index contributed by atoms with van der Waals surface area (Å²) in [5, 5.41) is 10.1. The summed E-state index contributed by atoms with van der Waals surface area (Å²) < 4.78 is 9.35. The van der Waals surface area contributed by atoms with E-state index in [1.807, 2.05) is 0 Å². The standard InChI is InChI=1S/C3H4O2S/c4-2-1-3-6-5/h1,4H,2H2. The second-order valence-corrected chi connectivity index (χ2v) is 0.990. The Kier molecular flexibility index (Phi) is 4.34. The minimum Gasteiger partial charge on any atom is -0.392 e. The van der Waals surface area contributed by atoms with Gasteiger partial charge in [0.15, 0.2) is 0 Å². The van der Waals surface area contributed by atoms with Crippen molar-refractivity contribution >= 4 is 16.3 Å². The second kappa shape index (κ2) is 4.63. The third-order valence-corrected chi connectivity index (χ3v) is 0.486. The van der Waals surface area contributed by atoms with E-state index in [2.05, 4.69) is 5.02 Å². The van der Waals surface area contributed by atoms with Crippen LogP contribution in [0.1, 0.15) is 0 Å². The van der Waals surface area contributed by atoms with Crippen molar-refractivity contribution in [1.29, 1.82) is 0 Å². The molecule has 6 heavy (non-hydrogen) atoms. The van der Waals surface area contributed by atoms with Gasteiger partial charge in [0.2, 0.25) is 0 Å². The maximum absolute atomic E-state index is 9.35. The van der Waals surface area contributed by atoms with Gasteiger partial charge in [0.05, 0.1) is 6.61 Å². The van der Waals surface area contributed by atoms with Gasteiger partial charge in [0.25, 0.3) is 0 Å². The minimum atomic E-state index is -0.102. The van der Waals surface area contributed by atoms with Gasteiger partial charge in [-0.15, -0.1) is 0 Å². The summed E-state index contributed by atoms with van der Waals surface area (Å²) >= 11 is 0.211. The van der Waals surface area contributed by atoms with Crippen LogP contribution in [0.5, 0.6) is 0 Å². The highest BCUT2D eigenvalue weighted by Gasteiger charge is 1.53. The molecule has 1 N–H and O–H groups in total. The summed E-state index contributed by atoms with van der Waals surface area (Å²) in [6.45, 7) is -0.102. The molecule has 0 aliphatic carbocycles. The molecule has 0 bridgehead atoms. The van der Waals surface area contributed by atoms with E-state index in [0.717, 1.165) is 0 Å². The highest BCUT2D eigenvalue weighted by atomic mass is 32.1. The molecule has 0 spiro atoms. The van der Waals surface area contributed by atoms with Crippen LogP contribution in [0, 0.1) is 0 Å². The van der Waals surface area contributed by atoms with Crippen LogP contribution in [0.25, 0.3) is 0 Å². The predicted molar refractivity (Wildman–Crippen MR) is 24.8 cm³/mol. The molecule has 0 aromatic heterocycles. The molecule has 0 radical (unpaired) electrons. The van der Waals surface area contributed by atoms with Crippen molar-refractivity contribution in [2.24, 2.45) is 0 Å². The van der Waals surface area contributed by atoms with Crippen LogP contribution in [-0.2, 0) is 11.3 Å². The zero-order chi connectivity index (χ0) is 4.83. The summed E-state index contributed by atoms with van der Waals surface area (Å²) in [4.78, 5) is 0. The zero-order valence-corrected chi connectivity index (χ0v) is 3.86. The van der Waals surface area contributed by atoms with E-state index in [1.165, 1.54) is 6.08 Å². The van der Waals surface area contributed by atoms with Gasteiger partial charge in [0.1, 0.15) is 11.3 Å². The molecule has 0 heterocycles. The van der Waals surface area contributed by atoms with E-state index in [1.54, 1.807) is 0 Å². The second-order valence-electron chi connectivity index (χ2n) is 0.588. The summed E-state index contributed by atoms with van der Waals surface area (Å²) in [7, 11) is 0. The summed E-state index contributed by atoms with van der Waals surface area (Å²) in [6.07, 6.45) is 1.26. The Morgan fingerprint density at radius 1 is 2.00 bits per heavy atom. The van der Waals surface area contributed by atoms with Crippen LogP contribution in [0.3, 0.4) is 0 Å². The van der Waals surface area contributed by atoms with Crippen molar-refractivity contribution in [3.8, 4) is 0 Å². The first kappa shape index (κ1) is 5.63. The molecule has 34 valence electrons. The fourth-order valence-corrected chi connectivity index (χ4v) is 0.214. The van der Waals surface area contributed by atoms with E-state index >= 15 is 0 Å². The maximum atomic E-state index is 9.35. The quantitative estimate of drug-likeness (QED) is 0.440. The summed E-state index contributed by atoms with van der Waals surface area (Å²) in [5.74, 6) is 0. The first-order valence-electron chi connectivity index (χ1n) is 1.38. The molecule has 0 unspecified atom stereocenters. The van der Waals surface area contributed by atoms with Crippen molar-refractivity contribution in [3.63, 3.8) is 0 Å². The lowest BCUT2D eigenvalue weighted by atomic mass is 10.7. The monoisotopic (exact) mass is 104 g/mol. The van der Waals surface area contributed by atoms with Gasteiger partial charge in [-0.2, -0.15) is 0 Å².